The highest BCUT2D eigenvalue weighted by atomic mass is 32.1. The van der Waals surface area contributed by atoms with Crippen LogP contribution in [0.2, 0.25) is 0 Å². The van der Waals surface area contributed by atoms with Gasteiger partial charge in [0.1, 0.15) is 9.98 Å². The van der Waals surface area contributed by atoms with E-state index in [2.05, 4.69) is 34.9 Å². The number of hydrogen-bond acceptors (Lipinski definition) is 3. The monoisotopic (exact) mass is 344 g/mol. The number of rotatable bonds is 8. The summed E-state index contributed by atoms with van der Waals surface area (Å²) in [6.07, 6.45) is 0. The molecule has 0 saturated heterocycles. The fourth-order valence-corrected chi connectivity index (χ4v) is 2.24. The molecule has 0 aliphatic rings. The molecule has 0 spiro atoms. The number of ether oxygens (including phenoxy) is 1. The quantitative estimate of drug-likeness (QED) is 0.719. The standard InChI is InChI=1S/C18H20N2OS2/c22-17(19-11-15-7-3-1-4-8-15)13-21-14-18(23)20-12-16-9-5-2-6-10-16/h1-10H,11-14H2,(H,19,22)(H,20,23). The Balaban J connectivity index is 1.57. The Morgan fingerprint density at radius 1 is 0.696 bits per heavy atom. The molecule has 2 aromatic carbocycles. The highest BCUT2D eigenvalue weighted by Crippen LogP contribution is 1.98. The van der Waals surface area contributed by atoms with Gasteiger partial charge in [-0.15, -0.1) is 0 Å². The third kappa shape index (κ3) is 7.32. The van der Waals surface area contributed by atoms with Crippen molar-refractivity contribution in [2.24, 2.45) is 0 Å². The number of hydrogen-bond donors (Lipinski definition) is 2. The molecule has 0 bridgehead atoms. The fraction of sp³-hybridized carbons (Fsp3) is 0.222. The van der Waals surface area contributed by atoms with E-state index in [1.165, 1.54) is 11.1 Å². The molecule has 2 rings (SSSR count). The van der Waals surface area contributed by atoms with E-state index in [0.29, 0.717) is 36.3 Å². The molecule has 2 N–H and O–H groups in total. The van der Waals surface area contributed by atoms with E-state index in [1.54, 1.807) is 0 Å². The van der Waals surface area contributed by atoms with Crippen LogP contribution in [0.1, 0.15) is 11.1 Å². The van der Waals surface area contributed by atoms with Gasteiger partial charge in [0, 0.05) is 13.1 Å². The fourth-order valence-electron chi connectivity index (χ4n) is 1.93. The first-order valence-electron chi connectivity index (χ1n) is 7.43. The minimum absolute atomic E-state index is 0.370. The van der Waals surface area contributed by atoms with Crippen molar-refractivity contribution < 1.29 is 4.74 Å². The summed E-state index contributed by atoms with van der Waals surface area (Å²) in [7, 11) is 0. The second kappa shape index (κ2) is 10.0. The SMILES string of the molecule is S=C(COCC(=S)NCc1ccccc1)NCc1ccccc1. The Bertz CT molecular complexity index is 562. The minimum atomic E-state index is 0.370. The zero-order valence-electron chi connectivity index (χ0n) is 12.8. The zero-order valence-corrected chi connectivity index (χ0v) is 14.5. The van der Waals surface area contributed by atoms with Gasteiger partial charge < -0.3 is 15.4 Å². The van der Waals surface area contributed by atoms with Gasteiger partial charge in [-0.3, -0.25) is 0 Å². The van der Waals surface area contributed by atoms with Crippen LogP contribution >= 0.6 is 24.4 Å². The number of nitrogens with one attached hydrogen (secondary N) is 2. The van der Waals surface area contributed by atoms with E-state index in [-0.39, 0.29) is 0 Å². The predicted molar refractivity (Wildman–Crippen MR) is 103 cm³/mol. The van der Waals surface area contributed by atoms with Gasteiger partial charge >= 0.3 is 0 Å². The van der Waals surface area contributed by atoms with Gasteiger partial charge in [0.2, 0.25) is 0 Å². The van der Waals surface area contributed by atoms with Crippen molar-refractivity contribution in [2.45, 2.75) is 13.1 Å². The third-order valence-electron chi connectivity index (χ3n) is 3.13. The van der Waals surface area contributed by atoms with Crippen molar-refractivity contribution in [2.75, 3.05) is 13.2 Å². The maximum Gasteiger partial charge on any atom is 0.102 e. The molecule has 5 heteroatoms. The molecular weight excluding hydrogens is 324 g/mol. The van der Waals surface area contributed by atoms with Gasteiger partial charge in [-0.1, -0.05) is 85.1 Å². The van der Waals surface area contributed by atoms with Gasteiger partial charge in [-0.05, 0) is 11.1 Å². The van der Waals surface area contributed by atoms with Gasteiger partial charge in [0.05, 0.1) is 13.2 Å². The van der Waals surface area contributed by atoms with Crippen LogP contribution in [0.15, 0.2) is 60.7 Å². The lowest BCUT2D eigenvalue weighted by molar-refractivity contribution is 0.213. The van der Waals surface area contributed by atoms with Crippen LogP contribution in [0.5, 0.6) is 0 Å². The van der Waals surface area contributed by atoms with Crippen molar-refractivity contribution in [1.82, 2.24) is 10.6 Å². The molecule has 0 radical (unpaired) electrons. The van der Waals surface area contributed by atoms with Crippen molar-refractivity contribution in [3.05, 3.63) is 71.8 Å². The molecule has 0 fully saturated rings. The minimum Gasteiger partial charge on any atom is -0.374 e. The molecule has 0 amide bonds. The van der Waals surface area contributed by atoms with E-state index in [0.717, 1.165) is 0 Å². The summed E-state index contributed by atoms with van der Waals surface area (Å²) in [6.45, 7) is 2.16. The highest BCUT2D eigenvalue weighted by molar-refractivity contribution is 7.80. The van der Waals surface area contributed by atoms with Gasteiger partial charge in [0.15, 0.2) is 0 Å². The first-order valence-corrected chi connectivity index (χ1v) is 8.24. The lowest BCUT2D eigenvalue weighted by atomic mass is 10.2. The molecule has 0 heterocycles. The van der Waals surface area contributed by atoms with Crippen LogP contribution in [0.25, 0.3) is 0 Å². The second-order valence-electron chi connectivity index (χ2n) is 5.02. The molecule has 0 aliphatic heterocycles. The molecule has 3 nitrogen and oxygen atoms in total. The smallest absolute Gasteiger partial charge is 0.102 e. The molecule has 0 aromatic heterocycles. The molecule has 2 aromatic rings. The number of thiocarbonyl (C=S) groups is 2. The summed E-state index contributed by atoms with van der Waals surface area (Å²) in [5.74, 6) is 0. The van der Waals surface area contributed by atoms with Crippen molar-refractivity contribution in [3.8, 4) is 0 Å². The second-order valence-corrected chi connectivity index (χ2v) is 6.00. The maximum absolute atomic E-state index is 5.53. The zero-order chi connectivity index (χ0) is 16.3. The highest BCUT2D eigenvalue weighted by Gasteiger charge is 2.00. The van der Waals surface area contributed by atoms with Crippen LogP contribution in [-0.4, -0.2) is 23.2 Å². The largest absolute Gasteiger partial charge is 0.374 e. The predicted octanol–water partition coefficient (Wildman–Crippen LogP) is 3.24. The molecule has 0 saturated carbocycles. The van der Waals surface area contributed by atoms with Crippen LogP contribution < -0.4 is 10.6 Å². The van der Waals surface area contributed by atoms with Crippen LogP contribution in [-0.2, 0) is 17.8 Å². The first-order chi connectivity index (χ1) is 11.2. The first kappa shape index (κ1) is 17.5. The Kier molecular flexibility index (Phi) is 7.66. The van der Waals surface area contributed by atoms with Crippen LogP contribution in [0.4, 0.5) is 0 Å². The Morgan fingerprint density at radius 3 is 1.48 bits per heavy atom. The average Bonchev–Trinajstić information content (AvgIpc) is 2.60. The molecule has 120 valence electrons. The average molecular weight is 345 g/mol. The van der Waals surface area contributed by atoms with Gasteiger partial charge in [0.25, 0.3) is 0 Å². The molecule has 23 heavy (non-hydrogen) atoms. The summed E-state index contributed by atoms with van der Waals surface area (Å²) < 4.78 is 5.53. The number of benzene rings is 2. The summed E-state index contributed by atoms with van der Waals surface area (Å²) in [5, 5.41) is 6.35. The summed E-state index contributed by atoms with van der Waals surface area (Å²) in [5.41, 5.74) is 2.38. The van der Waals surface area contributed by atoms with Crippen molar-refractivity contribution in [3.63, 3.8) is 0 Å². The Labute approximate surface area is 148 Å². The molecule has 0 unspecified atom stereocenters. The molecular formula is C18H20N2OS2. The van der Waals surface area contributed by atoms with Crippen molar-refractivity contribution in [1.29, 1.82) is 0 Å². The summed E-state index contributed by atoms with van der Waals surface area (Å²) >= 11 is 10.5. The van der Waals surface area contributed by atoms with Gasteiger partial charge in [-0.25, -0.2) is 0 Å². The van der Waals surface area contributed by atoms with E-state index in [9.17, 15) is 0 Å². The molecule has 0 atom stereocenters. The lowest BCUT2D eigenvalue weighted by Gasteiger charge is -2.11. The summed E-state index contributed by atoms with van der Waals surface area (Å²) in [6, 6.07) is 20.2. The maximum atomic E-state index is 5.53. The van der Waals surface area contributed by atoms with Gasteiger partial charge in [-0.2, -0.15) is 0 Å². The van der Waals surface area contributed by atoms with Crippen molar-refractivity contribution >= 4 is 34.4 Å². The molecule has 0 aliphatic carbocycles. The lowest BCUT2D eigenvalue weighted by Crippen LogP contribution is -2.29. The van der Waals surface area contributed by atoms with E-state index in [1.807, 2.05) is 36.4 Å². The van der Waals surface area contributed by atoms with Crippen LogP contribution in [0.3, 0.4) is 0 Å². The summed E-state index contributed by atoms with van der Waals surface area (Å²) in [4.78, 5) is 1.36. The topological polar surface area (TPSA) is 33.3 Å². The Hall–Kier alpha value is -1.82. The van der Waals surface area contributed by atoms with E-state index in [4.69, 9.17) is 29.2 Å². The van der Waals surface area contributed by atoms with E-state index < -0.39 is 0 Å². The van der Waals surface area contributed by atoms with Crippen LogP contribution in [0, 0.1) is 0 Å². The third-order valence-corrected chi connectivity index (χ3v) is 3.66. The van der Waals surface area contributed by atoms with E-state index >= 15 is 0 Å². The Morgan fingerprint density at radius 2 is 1.09 bits per heavy atom. The normalized spacial score (nSPS) is 10.1.